The quantitative estimate of drug-likeness (QED) is 0.0547. The van der Waals surface area contributed by atoms with Gasteiger partial charge in [0.25, 0.3) is 0 Å². The Balaban J connectivity index is 5.77. The van der Waals surface area contributed by atoms with Gasteiger partial charge in [0, 0.05) is 21.3 Å². The lowest BCUT2D eigenvalue weighted by Gasteiger charge is -2.45. The Morgan fingerprint density at radius 3 is 0.408 bits per heavy atom. The van der Waals surface area contributed by atoms with Crippen molar-refractivity contribution in [1.82, 2.24) is 0 Å². The van der Waals surface area contributed by atoms with E-state index in [9.17, 15) is 0 Å². The maximum Gasteiger partial charge on any atom is 0.669 e. The summed E-state index contributed by atoms with van der Waals surface area (Å²) in [4.78, 5) is 0. The lowest BCUT2D eigenvalue weighted by atomic mass is 11.8. The molecule has 0 amide bonds. The molecule has 0 aliphatic carbocycles. The molecule has 0 N–H and O–H groups in total. The molecule has 0 aliphatic heterocycles. The van der Waals surface area contributed by atoms with Gasteiger partial charge in [-0.3, -0.25) is 0 Å². The van der Waals surface area contributed by atoms with Crippen LogP contribution >= 0.6 is 0 Å². The van der Waals surface area contributed by atoms with Crippen molar-refractivity contribution in [2.75, 3.05) is 21.3 Å². The summed E-state index contributed by atoms with van der Waals surface area (Å²) in [6.07, 6.45) is 0. The van der Waals surface area contributed by atoms with Crippen molar-refractivity contribution >= 4 is 147 Å². The third kappa shape index (κ3) is 32.1. The Bertz CT molecular complexity index is 1650. The predicted octanol–water partition coefficient (Wildman–Crippen LogP) is 11.1. The molecule has 0 aliphatic rings. The number of hydrogen-bond donors (Lipinski definition) is 0. The van der Waals surface area contributed by atoms with Crippen LogP contribution in [0.4, 0.5) is 0 Å². The van der Waals surface area contributed by atoms with Crippen molar-refractivity contribution in [3.8, 4) is 0 Å². The zero-order valence-corrected chi connectivity index (χ0v) is 68.5. The summed E-state index contributed by atoms with van der Waals surface area (Å²) >= 11 is 0. The van der Waals surface area contributed by atoms with Crippen LogP contribution in [0.1, 0.15) is 0 Å². The van der Waals surface area contributed by atoms with Crippen LogP contribution in [0.2, 0.25) is 210 Å². The van der Waals surface area contributed by atoms with Gasteiger partial charge < -0.3 is 79.1 Å². The smallest absolute Gasteiger partial charge is 0.440 e. The van der Waals surface area contributed by atoms with Crippen LogP contribution < -0.4 is 0 Å². The van der Waals surface area contributed by atoms with Crippen LogP contribution in [0.5, 0.6) is 0 Å². The summed E-state index contributed by atoms with van der Waals surface area (Å²) < 4.78 is 124. The van der Waals surface area contributed by atoms with Crippen molar-refractivity contribution in [3.05, 3.63) is 0 Å². The molecule has 0 saturated carbocycles. The highest BCUT2D eigenvalue weighted by Gasteiger charge is 2.55. The Kier molecular flexibility index (Phi) is 26.9. The van der Waals surface area contributed by atoms with E-state index in [-0.39, 0.29) is 0 Å². The maximum atomic E-state index is 6.90. The first kappa shape index (κ1) is 73.9. The van der Waals surface area contributed by atoms with Gasteiger partial charge in [-0.15, -0.1) is 0 Å². The molecule has 19 nitrogen and oxygen atoms in total. The van der Waals surface area contributed by atoms with Gasteiger partial charge in [0.2, 0.25) is 0 Å². The summed E-state index contributed by atoms with van der Waals surface area (Å²) in [5.41, 5.74) is 0. The Hall–Kier alpha value is 2.93. The van der Waals surface area contributed by atoms with Crippen molar-refractivity contribution in [3.63, 3.8) is 0 Å². The third-order valence-electron chi connectivity index (χ3n) is 8.52. The normalized spacial score (nSPS) is 15.9. The van der Waals surface area contributed by atoms with Gasteiger partial charge >= 0.3 is 137 Å². The molecule has 0 bridgehead atoms. The zero-order chi connectivity index (χ0) is 57.0. The average molecular weight is 1310 g/mol. The van der Waals surface area contributed by atoms with Crippen molar-refractivity contribution in [2.45, 2.75) is 210 Å². The van der Waals surface area contributed by atoms with Crippen LogP contribution in [0.15, 0.2) is 0 Å². The Labute approximate surface area is 453 Å². The summed E-state index contributed by atoms with van der Waals surface area (Å²) in [5.74, 6) is 0. The van der Waals surface area contributed by atoms with E-state index in [0.29, 0.717) is 0 Å². The molecule has 71 heavy (non-hydrogen) atoms. The molecular formula is C35H106O19Si17. The minimum atomic E-state index is -3.34. The molecule has 0 fully saturated rings. The van der Waals surface area contributed by atoms with Gasteiger partial charge in [0.1, 0.15) is 0 Å². The van der Waals surface area contributed by atoms with Gasteiger partial charge in [-0.1, -0.05) is 0 Å². The lowest BCUT2D eigenvalue weighted by molar-refractivity contribution is 0.0404. The highest BCUT2D eigenvalue weighted by atomic mass is 28.5. The molecule has 0 spiro atoms. The van der Waals surface area contributed by atoms with Gasteiger partial charge in [-0.05, 0) is 210 Å². The first-order valence-electron chi connectivity index (χ1n) is 24.6. The molecule has 36 heteroatoms. The van der Waals surface area contributed by atoms with Gasteiger partial charge in [-0.2, -0.15) is 0 Å². The Morgan fingerprint density at radius 1 is 0.183 bits per heavy atom. The van der Waals surface area contributed by atoms with Crippen molar-refractivity contribution < 1.29 is 79.1 Å². The van der Waals surface area contributed by atoms with Gasteiger partial charge in [0.05, 0.1) is 0 Å². The van der Waals surface area contributed by atoms with Crippen molar-refractivity contribution in [1.29, 1.82) is 0 Å². The molecular weight excluding hydrogens is 1200 g/mol. The monoisotopic (exact) mass is 1310 g/mol. The molecule has 0 aromatic rings. The topological polar surface area (TPSA) is 175 Å². The van der Waals surface area contributed by atoms with Crippen LogP contribution in [0.3, 0.4) is 0 Å². The van der Waals surface area contributed by atoms with Gasteiger partial charge in [0.15, 0.2) is 9.04 Å². The molecule has 0 saturated heterocycles. The zero-order valence-electron chi connectivity index (χ0n) is 51.3. The fourth-order valence-corrected chi connectivity index (χ4v) is 92.8. The second-order valence-corrected chi connectivity index (χ2v) is 84.3. The molecule has 428 valence electrons. The average Bonchev–Trinajstić information content (AvgIpc) is 2.93. The van der Waals surface area contributed by atoms with Crippen LogP contribution in [-0.4, -0.2) is 168 Å². The van der Waals surface area contributed by atoms with E-state index in [4.69, 9.17) is 79.1 Å². The molecule has 0 unspecified atom stereocenters. The minimum Gasteiger partial charge on any atom is -0.440 e. The lowest BCUT2D eigenvalue weighted by Crippen LogP contribution is -2.63. The standard InChI is InChI=1S/C35H106O19Si17/c1-36-71(37-2,38-3)54-70(34,35)53-69(32,33)52-68(30,31)51-67(28,29)50-66(26,27)49-65(24,25)48-64(22,23)47-63(20,21)46-62(18,19)45-61(16,17)44-60(14,15)43-59(12,13)42-58(10,11)41-57(8,9)40-56(6,7)39-55(4)5/h55H,1-35H3. The highest BCUT2D eigenvalue weighted by Crippen LogP contribution is 2.33. The van der Waals surface area contributed by atoms with Crippen LogP contribution in [0, 0.1) is 0 Å². The summed E-state index contributed by atoms with van der Waals surface area (Å²) in [5, 5.41) is 0. The van der Waals surface area contributed by atoms with Crippen molar-refractivity contribution in [2.24, 2.45) is 0 Å². The van der Waals surface area contributed by atoms with E-state index in [1.807, 2.05) is 105 Å². The van der Waals surface area contributed by atoms with E-state index in [1.54, 1.807) is 0 Å². The minimum absolute atomic E-state index is 1.26. The van der Waals surface area contributed by atoms with E-state index in [0.717, 1.165) is 0 Å². The van der Waals surface area contributed by atoms with E-state index < -0.39 is 147 Å². The van der Waals surface area contributed by atoms with E-state index >= 15 is 0 Å². The summed E-state index contributed by atoms with van der Waals surface area (Å²) in [6.45, 7) is 65.5. The predicted molar refractivity (Wildman–Crippen MR) is 325 cm³/mol. The highest BCUT2D eigenvalue weighted by molar-refractivity contribution is 6.95. The second-order valence-electron chi connectivity index (χ2n) is 24.8. The molecule has 0 aromatic heterocycles. The van der Waals surface area contributed by atoms with E-state index in [1.165, 1.54) is 21.3 Å². The first-order chi connectivity index (χ1) is 30.7. The first-order valence-corrected chi connectivity index (χ1v) is 71.2. The molecule has 0 aromatic carbocycles. The molecule has 0 rings (SSSR count). The fourth-order valence-electron chi connectivity index (χ4n) is 9.85. The number of hydrogen-bond acceptors (Lipinski definition) is 19. The summed E-state index contributed by atoms with van der Waals surface area (Å²) in [7, 11) is -41.4. The SMILES string of the molecule is CO[Si](OC)(OC)O[Si](C)(C)O[Si](C)(C)O[Si](C)(C)O[Si](C)(C)O[Si](C)(C)O[Si](C)(C)O[Si](C)(C)O[Si](C)(C)O[Si](C)(C)O[Si](C)(C)O[Si](C)(C)O[Si](C)(C)O[Si](C)(C)O[Si](C)(C)O[Si](C)(C)O[SiH](C)C. The number of rotatable bonds is 35. The second kappa shape index (κ2) is 25.8. The summed E-state index contributed by atoms with van der Waals surface area (Å²) in [6, 6.07) is 0. The maximum absolute atomic E-state index is 6.90. The Morgan fingerprint density at radius 2 is 0.296 bits per heavy atom. The largest absolute Gasteiger partial charge is 0.669 e. The molecule has 0 heterocycles. The molecule has 0 atom stereocenters. The van der Waals surface area contributed by atoms with E-state index in [2.05, 4.69) is 105 Å². The van der Waals surface area contributed by atoms with Crippen LogP contribution in [0.25, 0.3) is 0 Å². The van der Waals surface area contributed by atoms with Crippen LogP contribution in [-0.2, 0) is 79.1 Å². The van der Waals surface area contributed by atoms with Gasteiger partial charge in [-0.25, -0.2) is 0 Å². The third-order valence-corrected chi connectivity index (χ3v) is 72.2. The molecule has 0 radical (unpaired) electrons. The fraction of sp³-hybridized carbons (Fsp3) is 1.00.